The van der Waals surface area contributed by atoms with E-state index in [2.05, 4.69) is 27.3 Å². The van der Waals surface area contributed by atoms with Gasteiger partial charge in [-0.3, -0.25) is 10.1 Å². The zero-order valence-corrected chi connectivity index (χ0v) is 11.2. The van der Waals surface area contributed by atoms with Gasteiger partial charge < -0.3 is 4.74 Å². The van der Waals surface area contributed by atoms with Gasteiger partial charge in [0, 0.05) is 8.49 Å². The van der Waals surface area contributed by atoms with E-state index < -0.39 is 17.4 Å². The topological polar surface area (TPSA) is 69.4 Å². The Morgan fingerprint density at radius 3 is 2.71 bits per heavy atom. The first-order valence-corrected chi connectivity index (χ1v) is 5.77. The van der Waals surface area contributed by atoms with E-state index in [9.17, 15) is 14.9 Å². The second kappa shape index (κ2) is 6.33. The standard InChI is InChI=1S/C11H10INO4/c1-17-11(14)9(7-13(15)16)6-8-4-2-3-5-10(8)12/h2-6H,7H2,1H3/b9-6+. The predicted molar refractivity (Wildman–Crippen MR) is 71.0 cm³/mol. The van der Waals surface area contributed by atoms with Crippen LogP contribution < -0.4 is 0 Å². The minimum absolute atomic E-state index is 0.0293. The van der Waals surface area contributed by atoms with Crippen molar-refractivity contribution in [3.05, 3.63) is 49.1 Å². The maximum atomic E-state index is 11.4. The molecule has 0 heterocycles. The molecule has 0 saturated carbocycles. The van der Waals surface area contributed by atoms with Gasteiger partial charge in [0.2, 0.25) is 6.54 Å². The molecule has 1 aromatic carbocycles. The average Bonchev–Trinajstić information content (AvgIpc) is 2.29. The zero-order chi connectivity index (χ0) is 12.8. The Kier molecular flexibility index (Phi) is 5.08. The Morgan fingerprint density at radius 2 is 2.18 bits per heavy atom. The lowest BCUT2D eigenvalue weighted by atomic mass is 10.1. The van der Waals surface area contributed by atoms with Crippen LogP contribution in [0.25, 0.3) is 6.08 Å². The van der Waals surface area contributed by atoms with Gasteiger partial charge in [-0.05, 0) is 40.3 Å². The Morgan fingerprint density at radius 1 is 1.53 bits per heavy atom. The first kappa shape index (κ1) is 13.6. The molecule has 0 aliphatic rings. The number of nitrogens with zero attached hydrogens (tertiary/aromatic N) is 1. The van der Waals surface area contributed by atoms with Gasteiger partial charge in [-0.25, -0.2) is 4.79 Å². The number of halogens is 1. The van der Waals surface area contributed by atoms with Crippen LogP contribution in [-0.2, 0) is 9.53 Å². The molecule has 0 spiro atoms. The van der Waals surface area contributed by atoms with Gasteiger partial charge in [-0.15, -0.1) is 0 Å². The molecule has 0 radical (unpaired) electrons. The highest BCUT2D eigenvalue weighted by Crippen LogP contribution is 2.15. The second-order valence-corrected chi connectivity index (χ2v) is 4.34. The third kappa shape index (κ3) is 4.14. The summed E-state index contributed by atoms with van der Waals surface area (Å²) in [6.07, 6.45) is 1.48. The van der Waals surface area contributed by atoms with E-state index in [4.69, 9.17) is 0 Å². The van der Waals surface area contributed by atoms with Crippen molar-refractivity contribution in [1.82, 2.24) is 0 Å². The Balaban J connectivity index is 3.09. The van der Waals surface area contributed by atoms with Crippen LogP contribution in [0, 0.1) is 13.7 Å². The Labute approximate surface area is 112 Å². The van der Waals surface area contributed by atoms with Crippen molar-refractivity contribution in [2.24, 2.45) is 0 Å². The molecule has 6 heteroatoms. The number of rotatable bonds is 4. The minimum atomic E-state index is -0.679. The third-order valence-corrected chi connectivity index (χ3v) is 2.96. The summed E-state index contributed by atoms with van der Waals surface area (Å²) in [6, 6.07) is 7.29. The Hall–Kier alpha value is -1.44. The number of nitro groups is 1. The highest BCUT2D eigenvalue weighted by Gasteiger charge is 2.16. The summed E-state index contributed by atoms with van der Waals surface area (Å²) in [5, 5.41) is 10.5. The Bertz CT molecular complexity index is 470. The van der Waals surface area contributed by atoms with E-state index in [1.165, 1.54) is 13.2 Å². The quantitative estimate of drug-likeness (QED) is 0.275. The lowest BCUT2D eigenvalue weighted by Gasteiger charge is -2.02. The van der Waals surface area contributed by atoms with Crippen LogP contribution in [0.3, 0.4) is 0 Å². The highest BCUT2D eigenvalue weighted by molar-refractivity contribution is 14.1. The van der Waals surface area contributed by atoms with Gasteiger partial charge in [-0.1, -0.05) is 18.2 Å². The largest absolute Gasteiger partial charge is 0.465 e. The molecule has 0 unspecified atom stereocenters. The number of carbonyl (C=O) groups excluding carboxylic acids is 1. The molecular weight excluding hydrogens is 337 g/mol. The fourth-order valence-electron chi connectivity index (χ4n) is 1.22. The summed E-state index contributed by atoms with van der Waals surface area (Å²) < 4.78 is 5.42. The molecule has 5 nitrogen and oxygen atoms in total. The van der Waals surface area contributed by atoms with Crippen molar-refractivity contribution in [2.75, 3.05) is 13.7 Å². The van der Waals surface area contributed by atoms with E-state index in [-0.39, 0.29) is 5.57 Å². The van der Waals surface area contributed by atoms with Gasteiger partial charge in [0.25, 0.3) is 0 Å². The number of benzene rings is 1. The summed E-state index contributed by atoms with van der Waals surface area (Å²) in [7, 11) is 1.20. The maximum Gasteiger partial charge on any atom is 0.340 e. The third-order valence-electron chi connectivity index (χ3n) is 1.98. The molecule has 0 saturated heterocycles. The van der Waals surface area contributed by atoms with E-state index in [1.54, 1.807) is 12.1 Å². The molecule has 1 rings (SSSR count). The van der Waals surface area contributed by atoms with Crippen molar-refractivity contribution in [3.8, 4) is 0 Å². The van der Waals surface area contributed by atoms with E-state index in [0.717, 1.165) is 9.13 Å². The number of esters is 1. The fourth-order valence-corrected chi connectivity index (χ4v) is 1.76. The first-order chi connectivity index (χ1) is 8.04. The molecule has 0 aromatic heterocycles. The smallest absolute Gasteiger partial charge is 0.340 e. The van der Waals surface area contributed by atoms with Gasteiger partial charge in [0.1, 0.15) is 5.57 Å². The van der Waals surface area contributed by atoms with Crippen LogP contribution >= 0.6 is 22.6 Å². The highest BCUT2D eigenvalue weighted by atomic mass is 127. The van der Waals surface area contributed by atoms with Crippen LogP contribution in [0.2, 0.25) is 0 Å². The molecule has 90 valence electrons. The molecular formula is C11H10INO4. The molecule has 0 aliphatic carbocycles. The summed E-state index contributed by atoms with van der Waals surface area (Å²) in [6.45, 7) is -0.544. The van der Waals surface area contributed by atoms with Crippen LogP contribution in [0.4, 0.5) is 0 Å². The van der Waals surface area contributed by atoms with E-state index in [0.29, 0.717) is 0 Å². The van der Waals surface area contributed by atoms with Crippen molar-refractivity contribution in [1.29, 1.82) is 0 Å². The molecule has 0 bridgehead atoms. The maximum absolute atomic E-state index is 11.4. The minimum Gasteiger partial charge on any atom is -0.465 e. The summed E-state index contributed by atoms with van der Waals surface area (Å²) in [4.78, 5) is 21.3. The van der Waals surface area contributed by atoms with Crippen molar-refractivity contribution in [2.45, 2.75) is 0 Å². The number of carbonyl (C=O) groups is 1. The fraction of sp³-hybridized carbons (Fsp3) is 0.182. The van der Waals surface area contributed by atoms with Gasteiger partial charge in [0.15, 0.2) is 0 Å². The van der Waals surface area contributed by atoms with E-state index in [1.807, 2.05) is 12.1 Å². The zero-order valence-electron chi connectivity index (χ0n) is 9.05. The van der Waals surface area contributed by atoms with Crippen LogP contribution in [0.15, 0.2) is 29.8 Å². The molecule has 0 atom stereocenters. The van der Waals surface area contributed by atoms with Gasteiger partial charge in [-0.2, -0.15) is 0 Å². The van der Waals surface area contributed by atoms with Crippen LogP contribution in [-0.4, -0.2) is 24.5 Å². The molecule has 17 heavy (non-hydrogen) atoms. The van der Waals surface area contributed by atoms with Crippen molar-refractivity contribution < 1.29 is 14.5 Å². The average molecular weight is 347 g/mol. The lowest BCUT2D eigenvalue weighted by molar-refractivity contribution is -0.470. The van der Waals surface area contributed by atoms with Crippen molar-refractivity contribution in [3.63, 3.8) is 0 Å². The number of hydrogen-bond acceptors (Lipinski definition) is 4. The van der Waals surface area contributed by atoms with Gasteiger partial charge >= 0.3 is 5.97 Å². The first-order valence-electron chi connectivity index (χ1n) is 4.70. The molecule has 1 aromatic rings. The summed E-state index contributed by atoms with van der Waals surface area (Å²) >= 11 is 2.10. The predicted octanol–water partition coefficient (Wildman–Crippen LogP) is 2.12. The number of hydrogen-bond donors (Lipinski definition) is 0. The lowest BCUT2D eigenvalue weighted by Crippen LogP contribution is -2.14. The van der Waals surface area contributed by atoms with Crippen LogP contribution in [0.5, 0.6) is 0 Å². The SMILES string of the molecule is COC(=O)/C(=C/c1ccccc1I)C[N+](=O)[O-]. The summed E-state index contributed by atoms with van der Waals surface area (Å²) in [5.74, 6) is -0.679. The summed E-state index contributed by atoms with van der Waals surface area (Å²) in [5.41, 5.74) is 0.789. The van der Waals surface area contributed by atoms with Crippen molar-refractivity contribution >= 4 is 34.6 Å². The number of ether oxygens (including phenoxy) is 1. The second-order valence-electron chi connectivity index (χ2n) is 3.17. The molecule has 0 amide bonds. The van der Waals surface area contributed by atoms with E-state index >= 15 is 0 Å². The monoisotopic (exact) mass is 347 g/mol. The van der Waals surface area contributed by atoms with Gasteiger partial charge in [0.05, 0.1) is 7.11 Å². The molecule has 0 fully saturated rings. The normalized spacial score (nSPS) is 11.1. The molecule has 0 aliphatic heterocycles. The van der Waals surface area contributed by atoms with Crippen LogP contribution in [0.1, 0.15) is 5.56 Å². The number of methoxy groups -OCH3 is 1. The molecule has 0 N–H and O–H groups in total.